The summed E-state index contributed by atoms with van der Waals surface area (Å²) in [6.45, 7) is 2.85. The van der Waals surface area contributed by atoms with Crippen LogP contribution in [-0.4, -0.2) is 34.8 Å². The first-order chi connectivity index (χ1) is 9.07. The largest absolute Gasteiger partial charge is 0.387 e. The Morgan fingerprint density at radius 1 is 1.37 bits per heavy atom. The van der Waals surface area contributed by atoms with Gasteiger partial charge in [-0.2, -0.15) is 11.8 Å². The molecule has 0 saturated carbocycles. The van der Waals surface area contributed by atoms with E-state index in [1.165, 1.54) is 5.56 Å². The molecule has 1 heterocycles. The third-order valence-corrected chi connectivity index (χ3v) is 4.47. The van der Waals surface area contributed by atoms with Gasteiger partial charge in [-0.05, 0) is 24.7 Å². The van der Waals surface area contributed by atoms with Crippen LogP contribution in [-0.2, 0) is 6.54 Å². The average molecular weight is 280 g/mol. The predicted octanol–water partition coefficient (Wildman–Crippen LogP) is 1.66. The Balaban J connectivity index is 1.71. The summed E-state index contributed by atoms with van der Waals surface area (Å²) in [5.41, 5.74) is 1.54. The van der Waals surface area contributed by atoms with Gasteiger partial charge in [0.1, 0.15) is 0 Å². The maximum atomic E-state index is 11.6. The van der Waals surface area contributed by atoms with Gasteiger partial charge in [-0.1, -0.05) is 29.8 Å². The van der Waals surface area contributed by atoms with Crippen LogP contribution in [0.25, 0.3) is 0 Å². The van der Waals surface area contributed by atoms with Crippen LogP contribution in [0.3, 0.4) is 0 Å². The SMILES string of the molecule is Cc1ccc(CNC(=O)NCC2(O)CCSC2)cc1. The van der Waals surface area contributed by atoms with Gasteiger partial charge in [-0.3, -0.25) is 0 Å². The maximum absolute atomic E-state index is 11.6. The van der Waals surface area contributed by atoms with Crippen molar-refractivity contribution in [2.75, 3.05) is 18.1 Å². The van der Waals surface area contributed by atoms with Gasteiger partial charge in [0.2, 0.25) is 0 Å². The van der Waals surface area contributed by atoms with E-state index in [1.807, 2.05) is 31.2 Å². The van der Waals surface area contributed by atoms with Crippen molar-refractivity contribution < 1.29 is 9.90 Å². The molecular weight excluding hydrogens is 260 g/mol. The summed E-state index contributed by atoms with van der Waals surface area (Å²) < 4.78 is 0. The van der Waals surface area contributed by atoms with Crippen LogP contribution in [0, 0.1) is 6.92 Å². The van der Waals surface area contributed by atoms with E-state index in [9.17, 15) is 9.90 Å². The fourth-order valence-corrected chi connectivity index (χ4v) is 3.23. The van der Waals surface area contributed by atoms with Crippen LogP contribution in [0.2, 0.25) is 0 Å². The lowest BCUT2D eigenvalue weighted by atomic mass is 10.0. The van der Waals surface area contributed by atoms with Crippen molar-refractivity contribution in [3.63, 3.8) is 0 Å². The lowest BCUT2D eigenvalue weighted by Gasteiger charge is -2.21. The molecule has 0 bridgehead atoms. The number of amides is 2. The van der Waals surface area contributed by atoms with E-state index in [4.69, 9.17) is 0 Å². The zero-order chi connectivity index (χ0) is 13.7. The van der Waals surface area contributed by atoms with Crippen molar-refractivity contribution in [1.82, 2.24) is 10.6 Å². The summed E-state index contributed by atoms with van der Waals surface area (Å²) in [6.07, 6.45) is 0.746. The number of thioether (sulfide) groups is 1. The maximum Gasteiger partial charge on any atom is 0.315 e. The number of hydrogen-bond acceptors (Lipinski definition) is 3. The van der Waals surface area contributed by atoms with E-state index in [2.05, 4.69) is 10.6 Å². The molecule has 1 fully saturated rings. The molecule has 5 heteroatoms. The first kappa shape index (κ1) is 14.2. The minimum absolute atomic E-state index is 0.231. The minimum Gasteiger partial charge on any atom is -0.387 e. The molecular formula is C14H20N2O2S. The van der Waals surface area contributed by atoms with Gasteiger partial charge >= 0.3 is 6.03 Å². The van der Waals surface area contributed by atoms with E-state index in [0.29, 0.717) is 18.8 Å². The number of hydrogen-bond donors (Lipinski definition) is 3. The molecule has 1 aromatic carbocycles. The Kier molecular flexibility index (Phi) is 4.71. The summed E-state index contributed by atoms with van der Waals surface area (Å²) in [7, 11) is 0. The first-order valence-electron chi connectivity index (χ1n) is 6.45. The Hall–Kier alpha value is -1.20. The number of nitrogens with one attached hydrogen (secondary N) is 2. The van der Waals surface area contributed by atoms with Gasteiger partial charge in [-0.25, -0.2) is 4.79 Å². The molecule has 1 aliphatic rings. The molecule has 1 aromatic rings. The van der Waals surface area contributed by atoms with Crippen molar-refractivity contribution in [1.29, 1.82) is 0 Å². The van der Waals surface area contributed by atoms with Crippen LogP contribution in [0.5, 0.6) is 0 Å². The summed E-state index contributed by atoms with van der Waals surface area (Å²) in [5.74, 6) is 1.66. The highest BCUT2D eigenvalue weighted by Gasteiger charge is 2.31. The van der Waals surface area contributed by atoms with Crippen LogP contribution in [0.15, 0.2) is 24.3 Å². The second-order valence-electron chi connectivity index (χ2n) is 5.05. The second-order valence-corrected chi connectivity index (χ2v) is 6.15. The van der Waals surface area contributed by atoms with Crippen molar-refractivity contribution in [2.24, 2.45) is 0 Å². The average Bonchev–Trinajstić information content (AvgIpc) is 2.83. The van der Waals surface area contributed by atoms with E-state index in [0.717, 1.165) is 17.7 Å². The van der Waals surface area contributed by atoms with Crippen LogP contribution in [0.4, 0.5) is 4.79 Å². The summed E-state index contributed by atoms with van der Waals surface area (Å²) in [4.78, 5) is 11.6. The van der Waals surface area contributed by atoms with Gasteiger partial charge in [0, 0.05) is 18.8 Å². The quantitative estimate of drug-likeness (QED) is 0.786. The summed E-state index contributed by atoms with van der Waals surface area (Å²) in [6, 6.07) is 7.81. The third-order valence-electron chi connectivity index (χ3n) is 3.23. The molecule has 0 aromatic heterocycles. The summed E-state index contributed by atoms with van der Waals surface area (Å²) in [5, 5.41) is 15.6. The molecule has 1 saturated heterocycles. The van der Waals surface area contributed by atoms with Crippen molar-refractivity contribution in [3.05, 3.63) is 35.4 Å². The number of urea groups is 1. The molecule has 104 valence electrons. The third kappa shape index (κ3) is 4.44. The van der Waals surface area contributed by atoms with Crippen molar-refractivity contribution >= 4 is 17.8 Å². The lowest BCUT2D eigenvalue weighted by Crippen LogP contribution is -2.46. The van der Waals surface area contributed by atoms with E-state index in [-0.39, 0.29) is 6.03 Å². The molecule has 1 atom stereocenters. The molecule has 19 heavy (non-hydrogen) atoms. The van der Waals surface area contributed by atoms with Gasteiger partial charge in [0.05, 0.1) is 5.60 Å². The lowest BCUT2D eigenvalue weighted by molar-refractivity contribution is 0.0700. The zero-order valence-corrected chi connectivity index (χ0v) is 11.9. The van der Waals surface area contributed by atoms with Gasteiger partial charge in [0.25, 0.3) is 0 Å². The summed E-state index contributed by atoms with van der Waals surface area (Å²) >= 11 is 1.72. The molecule has 0 radical (unpaired) electrons. The van der Waals surface area contributed by atoms with Gasteiger partial charge in [0.15, 0.2) is 0 Å². The first-order valence-corrected chi connectivity index (χ1v) is 7.60. The number of aryl methyl sites for hydroxylation is 1. The zero-order valence-electron chi connectivity index (χ0n) is 11.1. The molecule has 0 spiro atoms. The number of carbonyl (C=O) groups is 1. The van der Waals surface area contributed by atoms with Crippen LogP contribution < -0.4 is 10.6 Å². The highest BCUT2D eigenvalue weighted by atomic mass is 32.2. The highest BCUT2D eigenvalue weighted by Crippen LogP contribution is 2.26. The molecule has 2 rings (SSSR count). The fraction of sp³-hybridized carbons (Fsp3) is 0.500. The number of rotatable bonds is 4. The Bertz CT molecular complexity index is 428. The topological polar surface area (TPSA) is 61.4 Å². The van der Waals surface area contributed by atoms with Crippen LogP contribution >= 0.6 is 11.8 Å². The second kappa shape index (κ2) is 6.30. The van der Waals surface area contributed by atoms with Crippen molar-refractivity contribution in [2.45, 2.75) is 25.5 Å². The van der Waals surface area contributed by atoms with Crippen LogP contribution in [0.1, 0.15) is 17.5 Å². The molecule has 1 aliphatic heterocycles. The smallest absolute Gasteiger partial charge is 0.315 e. The number of carbonyl (C=O) groups excluding carboxylic acids is 1. The highest BCUT2D eigenvalue weighted by molar-refractivity contribution is 7.99. The number of benzene rings is 1. The molecule has 3 N–H and O–H groups in total. The molecule has 2 amide bonds. The van der Waals surface area contributed by atoms with Gasteiger partial charge < -0.3 is 15.7 Å². The normalized spacial score (nSPS) is 22.2. The monoisotopic (exact) mass is 280 g/mol. The van der Waals surface area contributed by atoms with E-state index in [1.54, 1.807) is 11.8 Å². The van der Waals surface area contributed by atoms with E-state index >= 15 is 0 Å². The van der Waals surface area contributed by atoms with E-state index < -0.39 is 5.60 Å². The predicted molar refractivity (Wildman–Crippen MR) is 78.3 cm³/mol. The minimum atomic E-state index is -0.730. The molecule has 1 unspecified atom stereocenters. The Morgan fingerprint density at radius 3 is 2.74 bits per heavy atom. The number of aliphatic hydroxyl groups is 1. The van der Waals surface area contributed by atoms with Gasteiger partial charge in [-0.15, -0.1) is 0 Å². The van der Waals surface area contributed by atoms with Crippen molar-refractivity contribution in [3.8, 4) is 0 Å². The fourth-order valence-electron chi connectivity index (χ4n) is 1.93. The standard InChI is InChI=1S/C14H20N2O2S/c1-11-2-4-12(5-3-11)8-15-13(17)16-9-14(18)6-7-19-10-14/h2-5,18H,6-10H2,1H3,(H2,15,16,17). The Labute approximate surface area is 118 Å². The molecule has 0 aliphatic carbocycles. The molecule has 4 nitrogen and oxygen atoms in total. The Morgan fingerprint density at radius 2 is 2.11 bits per heavy atom.